The lowest BCUT2D eigenvalue weighted by molar-refractivity contribution is 0.0520. The molecule has 96 valence electrons. The average molecular weight is 248 g/mol. The van der Waals surface area contributed by atoms with Gasteiger partial charge in [-0.15, -0.1) is 0 Å². The Hall–Kier alpha value is -2.11. The van der Waals surface area contributed by atoms with E-state index in [2.05, 4.69) is 23.9 Å². The number of carbonyl (C=O) groups is 1. The summed E-state index contributed by atoms with van der Waals surface area (Å²) in [5.74, 6) is -0.410. The molecular formula is C12H16N4O2. The van der Waals surface area contributed by atoms with Crippen LogP contribution in [0.3, 0.4) is 0 Å². The molecule has 2 heterocycles. The molecule has 0 aliphatic rings. The van der Waals surface area contributed by atoms with Gasteiger partial charge in [0.05, 0.1) is 18.5 Å². The second-order valence-corrected chi connectivity index (χ2v) is 4.16. The molecular weight excluding hydrogens is 232 g/mol. The summed E-state index contributed by atoms with van der Waals surface area (Å²) in [6.45, 7) is 6.21. The van der Waals surface area contributed by atoms with Crippen molar-refractivity contribution in [2.75, 3.05) is 6.61 Å². The van der Waals surface area contributed by atoms with Gasteiger partial charge in [0.1, 0.15) is 6.33 Å². The number of hydrogen-bond donors (Lipinski definition) is 0. The summed E-state index contributed by atoms with van der Waals surface area (Å²) in [5, 5.41) is 4.23. The summed E-state index contributed by atoms with van der Waals surface area (Å²) in [6, 6.07) is 0.298. The summed E-state index contributed by atoms with van der Waals surface area (Å²) >= 11 is 0. The Morgan fingerprint density at radius 1 is 1.44 bits per heavy atom. The van der Waals surface area contributed by atoms with Crippen LogP contribution in [0.4, 0.5) is 0 Å². The lowest BCUT2D eigenvalue weighted by Gasteiger charge is -2.02. The zero-order valence-electron chi connectivity index (χ0n) is 10.7. The Morgan fingerprint density at radius 3 is 2.83 bits per heavy atom. The first-order chi connectivity index (χ1) is 8.61. The highest BCUT2D eigenvalue weighted by atomic mass is 16.5. The summed E-state index contributed by atoms with van der Waals surface area (Å²) in [5.41, 5.74) is 1.17. The highest BCUT2D eigenvalue weighted by Crippen LogP contribution is 2.11. The molecule has 0 saturated carbocycles. The molecule has 2 aromatic heterocycles. The fraction of sp³-hybridized carbons (Fsp3) is 0.417. The Balaban J connectivity index is 2.21. The summed E-state index contributed by atoms with van der Waals surface area (Å²) in [7, 11) is 0. The quantitative estimate of drug-likeness (QED) is 0.774. The van der Waals surface area contributed by atoms with Gasteiger partial charge in [0.25, 0.3) is 0 Å². The van der Waals surface area contributed by atoms with Crippen LogP contribution >= 0.6 is 0 Å². The van der Waals surface area contributed by atoms with Crippen molar-refractivity contribution in [1.82, 2.24) is 19.3 Å². The van der Waals surface area contributed by atoms with Crippen LogP contribution in [-0.2, 0) is 4.74 Å². The molecule has 0 bridgehead atoms. The lowest BCUT2D eigenvalue weighted by Crippen LogP contribution is -2.04. The van der Waals surface area contributed by atoms with Crippen molar-refractivity contribution in [3.05, 3.63) is 30.6 Å². The fourth-order valence-corrected chi connectivity index (χ4v) is 1.52. The predicted molar refractivity (Wildman–Crippen MR) is 65.7 cm³/mol. The molecule has 0 saturated heterocycles. The second-order valence-electron chi connectivity index (χ2n) is 4.16. The average Bonchev–Trinajstić information content (AvgIpc) is 2.98. The minimum Gasteiger partial charge on any atom is -0.461 e. The Bertz CT molecular complexity index is 542. The molecule has 0 aliphatic carbocycles. The molecule has 0 fully saturated rings. The van der Waals surface area contributed by atoms with Crippen LogP contribution in [0.5, 0.6) is 0 Å². The summed E-state index contributed by atoms with van der Waals surface area (Å²) in [4.78, 5) is 15.5. The van der Waals surface area contributed by atoms with E-state index < -0.39 is 5.97 Å². The van der Waals surface area contributed by atoms with Crippen molar-refractivity contribution in [2.45, 2.75) is 26.8 Å². The molecule has 18 heavy (non-hydrogen) atoms. The van der Waals surface area contributed by atoms with Gasteiger partial charge in [0.15, 0.2) is 5.69 Å². The SMILES string of the molecule is CCOC(=O)c1cn(-c2cnn(C(C)C)c2)cn1. The van der Waals surface area contributed by atoms with Crippen LogP contribution < -0.4 is 0 Å². The van der Waals surface area contributed by atoms with Gasteiger partial charge >= 0.3 is 5.97 Å². The van der Waals surface area contributed by atoms with Crippen molar-refractivity contribution < 1.29 is 9.53 Å². The largest absolute Gasteiger partial charge is 0.461 e. The molecule has 0 aromatic carbocycles. The van der Waals surface area contributed by atoms with E-state index >= 15 is 0 Å². The van der Waals surface area contributed by atoms with Crippen molar-refractivity contribution in [2.24, 2.45) is 0 Å². The van der Waals surface area contributed by atoms with Crippen molar-refractivity contribution in [1.29, 1.82) is 0 Å². The van der Waals surface area contributed by atoms with E-state index in [0.29, 0.717) is 18.3 Å². The molecule has 0 unspecified atom stereocenters. The van der Waals surface area contributed by atoms with E-state index in [-0.39, 0.29) is 0 Å². The van der Waals surface area contributed by atoms with Gasteiger partial charge in [-0.3, -0.25) is 4.68 Å². The van der Waals surface area contributed by atoms with Gasteiger partial charge in [-0.1, -0.05) is 0 Å². The standard InChI is InChI=1S/C12H16N4O2/c1-4-18-12(17)11-7-15(8-13-11)10-5-14-16(6-10)9(2)3/h5-9H,4H2,1-3H3. The normalized spacial score (nSPS) is 10.9. The van der Waals surface area contributed by atoms with E-state index in [9.17, 15) is 4.79 Å². The van der Waals surface area contributed by atoms with E-state index in [1.54, 1.807) is 30.2 Å². The molecule has 0 N–H and O–H groups in total. The molecule has 0 amide bonds. The third kappa shape index (κ3) is 2.42. The molecule has 0 aliphatic heterocycles. The number of hydrogen-bond acceptors (Lipinski definition) is 4. The van der Waals surface area contributed by atoms with Crippen molar-refractivity contribution >= 4 is 5.97 Å². The first-order valence-corrected chi connectivity index (χ1v) is 5.87. The smallest absolute Gasteiger partial charge is 0.358 e. The molecule has 0 radical (unpaired) electrons. The molecule has 0 atom stereocenters. The van der Waals surface area contributed by atoms with Gasteiger partial charge in [-0.05, 0) is 20.8 Å². The second kappa shape index (κ2) is 5.03. The molecule has 6 heteroatoms. The van der Waals surface area contributed by atoms with E-state index in [1.165, 1.54) is 0 Å². The van der Waals surface area contributed by atoms with Gasteiger partial charge in [-0.2, -0.15) is 5.10 Å². The minimum atomic E-state index is -0.410. The van der Waals surface area contributed by atoms with Gasteiger partial charge < -0.3 is 9.30 Å². The van der Waals surface area contributed by atoms with Crippen LogP contribution in [-0.4, -0.2) is 31.9 Å². The zero-order valence-corrected chi connectivity index (χ0v) is 10.7. The fourth-order valence-electron chi connectivity index (χ4n) is 1.52. The number of carbonyl (C=O) groups excluding carboxylic acids is 1. The molecule has 0 spiro atoms. The van der Waals surface area contributed by atoms with E-state index in [0.717, 1.165) is 5.69 Å². The summed E-state index contributed by atoms with van der Waals surface area (Å²) in [6.07, 6.45) is 6.85. The Morgan fingerprint density at radius 2 is 2.22 bits per heavy atom. The highest BCUT2D eigenvalue weighted by molar-refractivity contribution is 5.87. The number of aromatic nitrogens is 4. The Labute approximate surface area is 105 Å². The van der Waals surface area contributed by atoms with Crippen LogP contribution in [0, 0.1) is 0 Å². The first kappa shape index (κ1) is 12.3. The van der Waals surface area contributed by atoms with Gasteiger partial charge in [-0.25, -0.2) is 9.78 Å². The topological polar surface area (TPSA) is 61.9 Å². The van der Waals surface area contributed by atoms with Crippen LogP contribution in [0.15, 0.2) is 24.9 Å². The van der Waals surface area contributed by atoms with Gasteiger partial charge in [0, 0.05) is 18.4 Å². The van der Waals surface area contributed by atoms with Crippen LogP contribution in [0.25, 0.3) is 5.69 Å². The number of esters is 1. The number of ether oxygens (including phenoxy) is 1. The third-order valence-electron chi connectivity index (χ3n) is 2.48. The minimum absolute atomic E-state index is 0.298. The first-order valence-electron chi connectivity index (χ1n) is 5.87. The number of imidazole rings is 1. The zero-order chi connectivity index (χ0) is 13.1. The predicted octanol–water partition coefficient (Wildman–Crippen LogP) is 1.83. The molecule has 2 aromatic rings. The van der Waals surface area contributed by atoms with Crippen LogP contribution in [0.1, 0.15) is 37.3 Å². The monoisotopic (exact) mass is 248 g/mol. The van der Waals surface area contributed by atoms with Crippen molar-refractivity contribution in [3.8, 4) is 5.69 Å². The maximum Gasteiger partial charge on any atom is 0.358 e. The molecule has 2 rings (SSSR count). The van der Waals surface area contributed by atoms with E-state index in [1.807, 2.05) is 10.9 Å². The number of rotatable bonds is 4. The van der Waals surface area contributed by atoms with Crippen molar-refractivity contribution in [3.63, 3.8) is 0 Å². The highest BCUT2D eigenvalue weighted by Gasteiger charge is 2.11. The Kier molecular flexibility index (Phi) is 3.45. The maximum absolute atomic E-state index is 11.5. The molecule has 6 nitrogen and oxygen atoms in total. The van der Waals surface area contributed by atoms with Gasteiger partial charge in [0.2, 0.25) is 0 Å². The summed E-state index contributed by atoms with van der Waals surface area (Å²) < 4.78 is 8.48. The maximum atomic E-state index is 11.5. The number of nitrogens with zero attached hydrogens (tertiary/aromatic N) is 4. The van der Waals surface area contributed by atoms with Crippen LogP contribution in [0.2, 0.25) is 0 Å². The lowest BCUT2D eigenvalue weighted by atomic mass is 10.4. The third-order valence-corrected chi connectivity index (χ3v) is 2.48. The van der Waals surface area contributed by atoms with E-state index in [4.69, 9.17) is 4.74 Å².